The Morgan fingerprint density at radius 2 is 2.00 bits per heavy atom. The highest BCUT2D eigenvalue weighted by Gasteiger charge is 2.44. The molecule has 0 bridgehead atoms. The summed E-state index contributed by atoms with van der Waals surface area (Å²) >= 11 is 1.77. The summed E-state index contributed by atoms with van der Waals surface area (Å²) in [4.78, 5) is 4.64. The van der Waals surface area contributed by atoms with Crippen molar-refractivity contribution in [2.75, 3.05) is 13.7 Å². The molecule has 1 fully saturated rings. The first kappa shape index (κ1) is 16.9. The lowest BCUT2D eigenvalue weighted by Crippen LogP contribution is -2.55. The van der Waals surface area contributed by atoms with Crippen LogP contribution in [-0.4, -0.2) is 30.3 Å². The maximum Gasteiger partial charge on any atom is 0.0944 e. The highest BCUT2D eigenvalue weighted by atomic mass is 32.1. The normalized spacial score (nSPS) is 22.1. The van der Waals surface area contributed by atoms with Crippen LogP contribution in [0.5, 0.6) is 0 Å². The van der Waals surface area contributed by atoms with E-state index in [0.29, 0.717) is 11.5 Å². The summed E-state index contributed by atoms with van der Waals surface area (Å²) in [5.41, 5.74) is 1.54. The van der Waals surface area contributed by atoms with Gasteiger partial charge >= 0.3 is 0 Å². The topological polar surface area (TPSA) is 34.2 Å². The van der Waals surface area contributed by atoms with Crippen LogP contribution in [0.4, 0.5) is 0 Å². The first-order valence-electron chi connectivity index (χ1n) is 8.10. The molecule has 1 aliphatic carbocycles. The molecule has 120 valence electrons. The number of aryl methyl sites for hydroxylation is 1. The monoisotopic (exact) mass is 310 g/mol. The number of ether oxygens (including phenoxy) is 1. The van der Waals surface area contributed by atoms with Crippen molar-refractivity contribution >= 4 is 11.3 Å². The first-order chi connectivity index (χ1) is 9.91. The number of nitrogens with one attached hydrogen (secondary N) is 1. The fraction of sp³-hybridized carbons (Fsp3) is 0.824. The van der Waals surface area contributed by atoms with Crippen LogP contribution in [0.2, 0.25) is 0 Å². The quantitative estimate of drug-likeness (QED) is 0.863. The minimum Gasteiger partial charge on any atom is -0.377 e. The van der Waals surface area contributed by atoms with Crippen molar-refractivity contribution in [1.82, 2.24) is 10.3 Å². The average Bonchev–Trinajstić information content (AvgIpc) is 2.85. The van der Waals surface area contributed by atoms with Crippen molar-refractivity contribution in [3.8, 4) is 0 Å². The Morgan fingerprint density at radius 3 is 2.48 bits per heavy atom. The van der Waals surface area contributed by atoms with Crippen molar-refractivity contribution in [2.45, 2.75) is 71.4 Å². The smallest absolute Gasteiger partial charge is 0.0944 e. The van der Waals surface area contributed by atoms with Gasteiger partial charge in [0.25, 0.3) is 0 Å². The van der Waals surface area contributed by atoms with Crippen molar-refractivity contribution in [3.05, 3.63) is 16.1 Å². The molecule has 21 heavy (non-hydrogen) atoms. The molecule has 1 N–H and O–H groups in total. The zero-order valence-corrected chi connectivity index (χ0v) is 15.0. The molecule has 0 radical (unpaired) electrons. The third kappa shape index (κ3) is 4.05. The van der Waals surface area contributed by atoms with Gasteiger partial charge in [0.05, 0.1) is 10.6 Å². The fourth-order valence-electron chi connectivity index (χ4n) is 3.41. The van der Waals surface area contributed by atoms with Crippen LogP contribution >= 0.6 is 11.3 Å². The molecule has 0 saturated heterocycles. The van der Waals surface area contributed by atoms with Crippen LogP contribution in [0.25, 0.3) is 0 Å². The molecule has 1 saturated carbocycles. The van der Waals surface area contributed by atoms with Gasteiger partial charge in [-0.1, -0.05) is 20.8 Å². The summed E-state index contributed by atoms with van der Waals surface area (Å²) < 4.78 is 6.08. The minimum atomic E-state index is -0.0366. The summed E-state index contributed by atoms with van der Waals surface area (Å²) in [5, 5.41) is 7.03. The maximum absolute atomic E-state index is 6.08. The van der Waals surface area contributed by atoms with Gasteiger partial charge in [0.2, 0.25) is 0 Å². The number of nitrogens with zero attached hydrogens (tertiary/aromatic N) is 1. The van der Waals surface area contributed by atoms with Crippen molar-refractivity contribution < 1.29 is 4.74 Å². The molecular weight excluding hydrogens is 280 g/mol. The van der Waals surface area contributed by atoms with E-state index in [2.05, 4.69) is 43.4 Å². The highest BCUT2D eigenvalue weighted by molar-refractivity contribution is 7.09. The number of thiazole rings is 1. The third-order valence-corrected chi connectivity index (χ3v) is 5.98. The number of likely N-dealkylation sites (N-methyl/N-ethyl adjacent to an activating group) is 1. The Bertz CT molecular complexity index is 445. The van der Waals surface area contributed by atoms with Crippen LogP contribution in [0.3, 0.4) is 0 Å². The van der Waals surface area contributed by atoms with Crippen molar-refractivity contribution in [1.29, 1.82) is 0 Å². The van der Waals surface area contributed by atoms with Gasteiger partial charge in [0.1, 0.15) is 0 Å². The van der Waals surface area contributed by atoms with E-state index in [-0.39, 0.29) is 5.60 Å². The van der Waals surface area contributed by atoms with Crippen LogP contribution in [0.1, 0.15) is 57.2 Å². The molecular formula is C17H30N2OS. The zero-order valence-electron chi connectivity index (χ0n) is 14.2. The molecule has 0 aliphatic heterocycles. The zero-order chi connectivity index (χ0) is 15.5. The largest absolute Gasteiger partial charge is 0.377 e. The Balaban J connectivity index is 2.14. The molecule has 1 heterocycles. The molecule has 3 nitrogen and oxygen atoms in total. The minimum absolute atomic E-state index is 0.0366. The van der Waals surface area contributed by atoms with E-state index >= 15 is 0 Å². The Hall–Kier alpha value is -0.450. The van der Waals surface area contributed by atoms with Gasteiger partial charge in [-0.25, -0.2) is 4.98 Å². The molecule has 0 aromatic carbocycles. The van der Waals surface area contributed by atoms with Crippen LogP contribution in [0, 0.1) is 12.3 Å². The lowest BCUT2D eigenvalue weighted by atomic mass is 9.68. The summed E-state index contributed by atoms with van der Waals surface area (Å²) in [6.45, 7) is 9.97. The van der Waals surface area contributed by atoms with Gasteiger partial charge in [-0.15, -0.1) is 11.3 Å². The number of methoxy groups -OCH3 is 1. The van der Waals surface area contributed by atoms with E-state index in [4.69, 9.17) is 4.74 Å². The second-order valence-electron chi connectivity index (χ2n) is 7.13. The van der Waals surface area contributed by atoms with Crippen LogP contribution < -0.4 is 5.32 Å². The molecule has 0 amide bonds. The predicted octanol–water partition coefficient (Wildman–Crippen LogP) is 3.96. The second-order valence-corrected chi connectivity index (χ2v) is 8.07. The highest BCUT2D eigenvalue weighted by Crippen LogP contribution is 2.44. The number of hydrogen-bond donors (Lipinski definition) is 1. The van der Waals surface area contributed by atoms with E-state index in [1.54, 1.807) is 11.3 Å². The first-order valence-corrected chi connectivity index (χ1v) is 8.98. The standard InChI is InChI=1S/C17H30N2OS/c1-6-18-14(11-15-19-13(2)12-21-15)17(20-5)9-7-16(3,4)8-10-17/h12,14,18H,6-11H2,1-5H3. The average molecular weight is 311 g/mol. The Kier molecular flexibility index (Phi) is 5.44. The SMILES string of the molecule is CCNC(Cc1nc(C)cs1)C1(OC)CCC(C)(C)CC1. The lowest BCUT2D eigenvalue weighted by molar-refractivity contribution is -0.0858. The van der Waals surface area contributed by atoms with Crippen molar-refractivity contribution in [2.24, 2.45) is 5.41 Å². The summed E-state index contributed by atoms with van der Waals surface area (Å²) in [6.07, 6.45) is 5.72. The summed E-state index contributed by atoms with van der Waals surface area (Å²) in [7, 11) is 1.88. The fourth-order valence-corrected chi connectivity index (χ4v) is 4.23. The molecule has 0 spiro atoms. The van der Waals surface area contributed by atoms with E-state index < -0.39 is 0 Å². The predicted molar refractivity (Wildman–Crippen MR) is 90.0 cm³/mol. The molecule has 2 rings (SSSR count). The van der Waals surface area contributed by atoms with Gasteiger partial charge < -0.3 is 10.1 Å². The molecule has 4 heteroatoms. The van der Waals surface area contributed by atoms with Crippen molar-refractivity contribution in [3.63, 3.8) is 0 Å². The lowest BCUT2D eigenvalue weighted by Gasteiger charge is -2.47. The summed E-state index contributed by atoms with van der Waals surface area (Å²) in [6, 6.07) is 0.356. The molecule has 1 aromatic heterocycles. The molecule has 1 unspecified atom stereocenters. The van der Waals surface area contributed by atoms with E-state index in [9.17, 15) is 0 Å². The van der Waals surface area contributed by atoms with Gasteiger partial charge in [0, 0.05) is 30.6 Å². The Labute approximate surface area is 133 Å². The van der Waals surface area contributed by atoms with Gasteiger partial charge in [-0.2, -0.15) is 0 Å². The van der Waals surface area contributed by atoms with Gasteiger partial charge in [-0.05, 0) is 44.6 Å². The molecule has 1 atom stereocenters. The maximum atomic E-state index is 6.08. The van der Waals surface area contributed by atoms with E-state index in [1.165, 1.54) is 17.8 Å². The van der Waals surface area contributed by atoms with E-state index in [0.717, 1.165) is 31.5 Å². The Morgan fingerprint density at radius 1 is 1.33 bits per heavy atom. The third-order valence-electron chi connectivity index (χ3n) is 4.99. The molecule has 1 aliphatic rings. The number of hydrogen-bond acceptors (Lipinski definition) is 4. The number of aromatic nitrogens is 1. The van der Waals surface area contributed by atoms with Crippen LogP contribution in [-0.2, 0) is 11.2 Å². The van der Waals surface area contributed by atoms with Gasteiger partial charge in [0.15, 0.2) is 0 Å². The molecule has 1 aromatic rings. The van der Waals surface area contributed by atoms with Crippen LogP contribution in [0.15, 0.2) is 5.38 Å². The van der Waals surface area contributed by atoms with Gasteiger partial charge in [-0.3, -0.25) is 0 Å². The summed E-state index contributed by atoms with van der Waals surface area (Å²) in [5.74, 6) is 0. The number of rotatable bonds is 6. The van der Waals surface area contributed by atoms with E-state index in [1.807, 2.05) is 7.11 Å². The second kappa shape index (κ2) is 6.76.